The number of primary amides is 1. The van der Waals surface area contributed by atoms with Gasteiger partial charge in [0.15, 0.2) is 0 Å². The van der Waals surface area contributed by atoms with E-state index in [1.54, 1.807) is 0 Å². The van der Waals surface area contributed by atoms with E-state index in [0.717, 1.165) is 6.54 Å². The van der Waals surface area contributed by atoms with Crippen molar-refractivity contribution in [3.05, 3.63) is 0 Å². The number of amides is 1. The molecule has 4 heteroatoms. The van der Waals surface area contributed by atoms with Crippen molar-refractivity contribution in [3.8, 4) is 0 Å². The molecule has 0 bridgehead atoms. The Balaban J connectivity index is 2.18. The van der Waals surface area contributed by atoms with Crippen molar-refractivity contribution >= 4 is 5.91 Å². The Morgan fingerprint density at radius 2 is 2.36 bits per heavy atom. The van der Waals surface area contributed by atoms with Crippen molar-refractivity contribution in [2.24, 2.45) is 5.73 Å². The number of nitrogens with zero attached hydrogens (tertiary/aromatic N) is 1. The van der Waals surface area contributed by atoms with E-state index in [9.17, 15) is 4.79 Å². The zero-order chi connectivity index (χ0) is 10.4. The van der Waals surface area contributed by atoms with Crippen LogP contribution in [0.15, 0.2) is 0 Å². The number of likely N-dealkylation sites (N-methyl/N-ethyl adjacent to an activating group) is 1. The second-order valence-corrected chi connectivity index (χ2v) is 4.13. The van der Waals surface area contributed by atoms with Crippen LogP contribution in [0, 0.1) is 0 Å². The van der Waals surface area contributed by atoms with Crippen molar-refractivity contribution in [2.45, 2.75) is 31.7 Å². The maximum atomic E-state index is 10.5. The standard InChI is InChI=1S/C10H21N3O/c1-13-7-3-2-4-9(8-13)12-6-5-10(11)14/h9,12H,2-8H2,1H3,(H2,11,14). The highest BCUT2D eigenvalue weighted by Crippen LogP contribution is 2.08. The van der Waals surface area contributed by atoms with Crippen LogP contribution in [0.4, 0.5) is 0 Å². The summed E-state index contributed by atoms with van der Waals surface area (Å²) in [7, 11) is 2.15. The predicted octanol–water partition coefficient (Wildman–Crippen LogP) is -0.0643. The first kappa shape index (κ1) is 11.5. The molecule has 0 radical (unpaired) electrons. The Morgan fingerprint density at radius 1 is 1.57 bits per heavy atom. The number of nitrogens with one attached hydrogen (secondary N) is 1. The molecule has 0 aromatic carbocycles. The minimum Gasteiger partial charge on any atom is -0.370 e. The van der Waals surface area contributed by atoms with Crippen LogP contribution in [-0.2, 0) is 4.79 Å². The number of carbonyl (C=O) groups is 1. The third-order valence-electron chi connectivity index (χ3n) is 2.68. The van der Waals surface area contributed by atoms with E-state index in [1.165, 1.54) is 25.8 Å². The second-order valence-electron chi connectivity index (χ2n) is 4.13. The van der Waals surface area contributed by atoms with Crippen LogP contribution in [0.25, 0.3) is 0 Å². The summed E-state index contributed by atoms with van der Waals surface area (Å²) >= 11 is 0. The van der Waals surface area contributed by atoms with Gasteiger partial charge in [-0.05, 0) is 26.4 Å². The van der Waals surface area contributed by atoms with Crippen molar-refractivity contribution in [1.29, 1.82) is 0 Å². The maximum Gasteiger partial charge on any atom is 0.218 e. The monoisotopic (exact) mass is 199 g/mol. The van der Waals surface area contributed by atoms with Gasteiger partial charge < -0.3 is 16.0 Å². The molecule has 1 amide bonds. The molecule has 1 fully saturated rings. The molecule has 1 heterocycles. The third kappa shape index (κ3) is 4.58. The van der Waals surface area contributed by atoms with Crippen LogP contribution in [0.5, 0.6) is 0 Å². The van der Waals surface area contributed by atoms with Crippen LogP contribution in [0.2, 0.25) is 0 Å². The van der Waals surface area contributed by atoms with Crippen LogP contribution in [0.1, 0.15) is 25.7 Å². The molecule has 1 aliphatic heterocycles. The lowest BCUT2D eigenvalue weighted by atomic mass is 10.1. The van der Waals surface area contributed by atoms with Gasteiger partial charge in [0.1, 0.15) is 0 Å². The summed E-state index contributed by atoms with van der Waals surface area (Å²) in [6.07, 6.45) is 4.21. The molecule has 0 saturated carbocycles. The third-order valence-corrected chi connectivity index (χ3v) is 2.68. The Hall–Kier alpha value is -0.610. The molecule has 82 valence electrons. The van der Waals surface area contributed by atoms with E-state index in [0.29, 0.717) is 19.0 Å². The van der Waals surface area contributed by atoms with Crippen molar-refractivity contribution in [2.75, 3.05) is 26.7 Å². The summed E-state index contributed by atoms with van der Waals surface area (Å²) in [4.78, 5) is 12.9. The summed E-state index contributed by atoms with van der Waals surface area (Å²) in [6, 6.07) is 0.529. The van der Waals surface area contributed by atoms with E-state index in [1.807, 2.05) is 0 Å². The molecular weight excluding hydrogens is 178 g/mol. The summed E-state index contributed by atoms with van der Waals surface area (Å²) in [6.45, 7) is 2.99. The molecule has 1 saturated heterocycles. The smallest absolute Gasteiger partial charge is 0.218 e. The Bertz CT molecular complexity index is 184. The van der Waals surface area contributed by atoms with Gasteiger partial charge in [0, 0.05) is 25.6 Å². The number of hydrogen-bond donors (Lipinski definition) is 2. The van der Waals surface area contributed by atoms with E-state index in [2.05, 4.69) is 17.3 Å². The lowest BCUT2D eigenvalue weighted by Crippen LogP contribution is -2.39. The molecule has 0 aliphatic carbocycles. The maximum absolute atomic E-state index is 10.5. The summed E-state index contributed by atoms with van der Waals surface area (Å²) in [5, 5.41) is 3.38. The molecule has 1 rings (SSSR count). The number of rotatable bonds is 4. The average molecular weight is 199 g/mol. The van der Waals surface area contributed by atoms with Gasteiger partial charge >= 0.3 is 0 Å². The van der Waals surface area contributed by atoms with Gasteiger partial charge in [0.25, 0.3) is 0 Å². The number of hydrogen-bond acceptors (Lipinski definition) is 3. The fraction of sp³-hybridized carbons (Fsp3) is 0.900. The number of nitrogens with two attached hydrogens (primary N) is 1. The molecule has 1 unspecified atom stereocenters. The molecular formula is C10H21N3O. The number of likely N-dealkylation sites (tertiary alicyclic amines) is 1. The fourth-order valence-corrected chi connectivity index (χ4v) is 1.90. The molecule has 0 aromatic heterocycles. The van der Waals surface area contributed by atoms with E-state index < -0.39 is 0 Å². The highest BCUT2D eigenvalue weighted by atomic mass is 16.1. The van der Waals surface area contributed by atoms with E-state index >= 15 is 0 Å². The van der Waals surface area contributed by atoms with Crippen molar-refractivity contribution in [1.82, 2.24) is 10.2 Å². The largest absolute Gasteiger partial charge is 0.370 e. The van der Waals surface area contributed by atoms with Gasteiger partial charge in [0.2, 0.25) is 5.91 Å². The van der Waals surface area contributed by atoms with Gasteiger partial charge in [-0.1, -0.05) is 6.42 Å². The summed E-state index contributed by atoms with van der Waals surface area (Å²) < 4.78 is 0. The second kappa shape index (κ2) is 5.98. The van der Waals surface area contributed by atoms with Crippen LogP contribution in [-0.4, -0.2) is 43.5 Å². The lowest BCUT2D eigenvalue weighted by molar-refractivity contribution is -0.117. The number of carbonyl (C=O) groups excluding carboxylic acids is 1. The lowest BCUT2D eigenvalue weighted by Gasteiger charge is -2.20. The zero-order valence-corrected chi connectivity index (χ0v) is 8.96. The Kier molecular flexibility index (Phi) is 4.90. The van der Waals surface area contributed by atoms with Gasteiger partial charge in [-0.3, -0.25) is 4.79 Å². The Labute approximate surface area is 85.8 Å². The van der Waals surface area contributed by atoms with Crippen LogP contribution in [0.3, 0.4) is 0 Å². The average Bonchev–Trinajstić information content (AvgIpc) is 2.29. The highest BCUT2D eigenvalue weighted by molar-refractivity contribution is 5.73. The van der Waals surface area contributed by atoms with E-state index in [4.69, 9.17) is 5.73 Å². The molecule has 0 spiro atoms. The quantitative estimate of drug-likeness (QED) is 0.666. The van der Waals surface area contributed by atoms with Crippen LogP contribution < -0.4 is 11.1 Å². The van der Waals surface area contributed by atoms with E-state index in [-0.39, 0.29) is 5.91 Å². The fourth-order valence-electron chi connectivity index (χ4n) is 1.90. The molecule has 4 nitrogen and oxygen atoms in total. The Morgan fingerprint density at radius 3 is 3.07 bits per heavy atom. The van der Waals surface area contributed by atoms with Gasteiger partial charge in [-0.25, -0.2) is 0 Å². The molecule has 0 aromatic rings. The molecule has 1 aliphatic rings. The first-order valence-corrected chi connectivity index (χ1v) is 5.38. The van der Waals surface area contributed by atoms with Gasteiger partial charge in [-0.15, -0.1) is 0 Å². The SMILES string of the molecule is CN1CCCCC(NCCC(N)=O)C1. The predicted molar refractivity (Wildman–Crippen MR) is 57.0 cm³/mol. The van der Waals surface area contributed by atoms with Gasteiger partial charge in [0.05, 0.1) is 0 Å². The normalized spacial score (nSPS) is 24.5. The zero-order valence-electron chi connectivity index (χ0n) is 8.96. The molecule has 1 atom stereocenters. The minimum absolute atomic E-state index is 0.223. The first-order chi connectivity index (χ1) is 6.68. The molecule has 3 N–H and O–H groups in total. The highest BCUT2D eigenvalue weighted by Gasteiger charge is 2.14. The van der Waals surface area contributed by atoms with Gasteiger partial charge in [-0.2, -0.15) is 0 Å². The van der Waals surface area contributed by atoms with Crippen LogP contribution >= 0.6 is 0 Å². The van der Waals surface area contributed by atoms with Crippen molar-refractivity contribution < 1.29 is 4.79 Å². The topological polar surface area (TPSA) is 58.4 Å². The first-order valence-electron chi connectivity index (χ1n) is 5.38. The van der Waals surface area contributed by atoms with Crippen molar-refractivity contribution in [3.63, 3.8) is 0 Å². The summed E-state index contributed by atoms with van der Waals surface area (Å²) in [5.74, 6) is -0.223. The summed E-state index contributed by atoms with van der Waals surface area (Å²) in [5.41, 5.74) is 5.08. The minimum atomic E-state index is -0.223. The molecule has 14 heavy (non-hydrogen) atoms.